The quantitative estimate of drug-likeness (QED) is 0.493. The maximum atomic E-state index is 10.4. The van der Waals surface area contributed by atoms with Crippen LogP contribution in [0.25, 0.3) is 0 Å². The smallest absolute Gasteiger partial charge is 0.0694 e. The van der Waals surface area contributed by atoms with E-state index < -0.39 is 0 Å². The van der Waals surface area contributed by atoms with Crippen molar-refractivity contribution in [1.82, 2.24) is 0 Å². The zero-order valence-corrected chi connectivity index (χ0v) is 21.2. The first-order chi connectivity index (χ1) is 13.7. The number of hydrogen-bond acceptors (Lipinski definition) is 2. The third-order valence-corrected chi connectivity index (χ3v) is 11.0. The lowest BCUT2D eigenvalue weighted by molar-refractivity contribution is -0.133. The molecule has 3 heteroatoms. The fourth-order valence-electron chi connectivity index (χ4n) is 9.37. The lowest BCUT2D eigenvalue weighted by Gasteiger charge is -2.62. The Morgan fingerprint density at radius 1 is 0.933 bits per heavy atom. The molecule has 0 unspecified atom stereocenters. The molecule has 4 aliphatic carbocycles. The van der Waals surface area contributed by atoms with E-state index in [1.54, 1.807) is 0 Å². The highest BCUT2D eigenvalue weighted by Crippen LogP contribution is 2.68. The second-order valence-electron chi connectivity index (χ2n) is 12.9. The maximum Gasteiger partial charge on any atom is 0.0694 e. The second kappa shape index (κ2) is 9.22. The summed E-state index contributed by atoms with van der Waals surface area (Å²) in [6, 6.07) is 0.000571. The van der Waals surface area contributed by atoms with Crippen molar-refractivity contribution in [2.24, 2.45) is 58.0 Å². The largest absolute Gasteiger partial charge is 0.392 e. The molecule has 0 saturated heterocycles. The van der Waals surface area contributed by atoms with Gasteiger partial charge in [0.2, 0.25) is 0 Å². The van der Waals surface area contributed by atoms with Gasteiger partial charge < -0.3 is 10.8 Å². The molecule has 4 rings (SSSR count). The van der Waals surface area contributed by atoms with Crippen LogP contribution in [-0.4, -0.2) is 17.3 Å². The van der Waals surface area contributed by atoms with E-state index in [1.165, 1.54) is 57.8 Å². The van der Waals surface area contributed by atoms with Crippen LogP contribution < -0.4 is 5.73 Å². The van der Waals surface area contributed by atoms with Crippen LogP contribution in [0.5, 0.6) is 0 Å². The first kappa shape index (κ1) is 24.8. The van der Waals surface area contributed by atoms with Gasteiger partial charge in [-0.05, 0) is 104 Å². The van der Waals surface area contributed by atoms with E-state index in [2.05, 4.69) is 34.6 Å². The summed E-state index contributed by atoms with van der Waals surface area (Å²) in [7, 11) is 0. The average Bonchev–Trinajstić information content (AvgIpc) is 3.00. The van der Waals surface area contributed by atoms with Crippen molar-refractivity contribution in [3.63, 3.8) is 0 Å². The Hall–Kier alpha value is 0.210. The first-order valence-corrected chi connectivity index (χ1v) is 13.1. The third-order valence-electron chi connectivity index (χ3n) is 11.0. The van der Waals surface area contributed by atoms with Gasteiger partial charge in [-0.1, -0.05) is 53.9 Å². The molecule has 4 fully saturated rings. The minimum atomic E-state index is -0.263. The standard InChI is InChI=1S/C27H49NO.ClH/c1-17(2)7-6-8-18(3)21-11-12-22-20-10-9-19-15-25(29)24(28)16-27(19,5)23(20)13-14-26(21,22)4;/h17-25,29H,6-16,28H2,1-5H3;1H/t18-,19+,20+,21-,22+,23+,24+,25+,26+,27+;/m1./s1. The van der Waals surface area contributed by atoms with E-state index in [0.717, 1.165) is 48.3 Å². The second-order valence-corrected chi connectivity index (χ2v) is 12.9. The van der Waals surface area contributed by atoms with Gasteiger partial charge in [0.25, 0.3) is 0 Å². The predicted octanol–water partition coefficient (Wildman–Crippen LogP) is 6.83. The van der Waals surface area contributed by atoms with Gasteiger partial charge in [0.15, 0.2) is 0 Å². The molecule has 0 amide bonds. The summed E-state index contributed by atoms with van der Waals surface area (Å²) in [5.41, 5.74) is 7.36. The van der Waals surface area contributed by atoms with Gasteiger partial charge in [0, 0.05) is 6.04 Å². The predicted molar refractivity (Wildman–Crippen MR) is 130 cm³/mol. The molecule has 3 N–H and O–H groups in total. The van der Waals surface area contributed by atoms with E-state index in [9.17, 15) is 5.11 Å². The van der Waals surface area contributed by atoms with Crippen molar-refractivity contribution in [3.8, 4) is 0 Å². The molecule has 4 aliphatic rings. The van der Waals surface area contributed by atoms with Gasteiger partial charge in [-0.25, -0.2) is 0 Å². The highest BCUT2D eigenvalue weighted by atomic mass is 35.5. The molecular formula is C27H50ClNO. The molecule has 0 heterocycles. The number of aliphatic hydroxyl groups is 1. The van der Waals surface area contributed by atoms with Gasteiger partial charge in [0.1, 0.15) is 0 Å². The van der Waals surface area contributed by atoms with Gasteiger partial charge in [-0.3, -0.25) is 0 Å². The van der Waals surface area contributed by atoms with Crippen LogP contribution >= 0.6 is 12.4 Å². The minimum absolute atomic E-state index is 0. The van der Waals surface area contributed by atoms with Crippen molar-refractivity contribution >= 4 is 12.4 Å². The molecular weight excluding hydrogens is 390 g/mol. The van der Waals surface area contributed by atoms with Gasteiger partial charge in [-0.15, -0.1) is 12.4 Å². The Balaban J connectivity index is 0.00000256. The van der Waals surface area contributed by atoms with Crippen molar-refractivity contribution in [3.05, 3.63) is 0 Å². The Labute approximate surface area is 192 Å². The summed E-state index contributed by atoms with van der Waals surface area (Å²) in [5.74, 6) is 6.11. The Morgan fingerprint density at radius 2 is 1.63 bits per heavy atom. The molecule has 0 radical (unpaired) electrons. The summed E-state index contributed by atoms with van der Waals surface area (Å²) < 4.78 is 0. The molecule has 0 aromatic carbocycles. The first-order valence-electron chi connectivity index (χ1n) is 13.1. The maximum absolute atomic E-state index is 10.4. The van der Waals surface area contributed by atoms with Crippen LogP contribution in [0.2, 0.25) is 0 Å². The van der Waals surface area contributed by atoms with E-state index in [1.807, 2.05) is 0 Å². The fraction of sp³-hybridized carbons (Fsp3) is 1.00. The van der Waals surface area contributed by atoms with Crippen LogP contribution in [0.3, 0.4) is 0 Å². The van der Waals surface area contributed by atoms with E-state index in [4.69, 9.17) is 5.73 Å². The highest BCUT2D eigenvalue weighted by molar-refractivity contribution is 5.85. The molecule has 2 nitrogen and oxygen atoms in total. The molecule has 0 aromatic heterocycles. The SMILES string of the molecule is CC(C)CCC[C@@H](C)[C@H]1CC[C@H]2[C@@H]3CC[C@H]4C[C@H](O)[C@@H](N)C[C@]4(C)[C@H]3CC[C@@]12C.Cl. The zero-order valence-electron chi connectivity index (χ0n) is 20.4. The van der Waals surface area contributed by atoms with E-state index in [-0.39, 0.29) is 24.6 Å². The molecule has 4 saturated carbocycles. The molecule has 0 aliphatic heterocycles. The Morgan fingerprint density at radius 3 is 2.33 bits per heavy atom. The molecule has 176 valence electrons. The van der Waals surface area contributed by atoms with Gasteiger partial charge in [-0.2, -0.15) is 0 Å². The molecule has 0 bridgehead atoms. The normalized spacial score (nSPS) is 49.0. The minimum Gasteiger partial charge on any atom is -0.392 e. The summed E-state index contributed by atoms with van der Waals surface area (Å²) in [5, 5.41) is 10.4. The highest BCUT2D eigenvalue weighted by Gasteiger charge is 2.61. The van der Waals surface area contributed by atoms with E-state index in [0.29, 0.717) is 16.7 Å². The molecule has 0 aromatic rings. The average molecular weight is 440 g/mol. The number of hydrogen-bond donors (Lipinski definition) is 2. The lowest BCUT2D eigenvalue weighted by Crippen LogP contribution is -2.58. The number of aliphatic hydroxyl groups excluding tert-OH is 1. The van der Waals surface area contributed by atoms with Crippen molar-refractivity contribution in [2.45, 2.75) is 117 Å². The molecule has 30 heavy (non-hydrogen) atoms. The van der Waals surface area contributed by atoms with Crippen molar-refractivity contribution in [2.75, 3.05) is 0 Å². The molecule has 10 atom stereocenters. The van der Waals surface area contributed by atoms with Crippen molar-refractivity contribution in [1.29, 1.82) is 0 Å². The van der Waals surface area contributed by atoms with E-state index >= 15 is 0 Å². The number of fused-ring (bicyclic) bond motifs is 5. The van der Waals surface area contributed by atoms with Gasteiger partial charge in [0.05, 0.1) is 6.10 Å². The van der Waals surface area contributed by atoms with Gasteiger partial charge >= 0.3 is 0 Å². The van der Waals surface area contributed by atoms with Crippen LogP contribution in [0.15, 0.2) is 0 Å². The van der Waals surface area contributed by atoms with Crippen LogP contribution in [0.1, 0.15) is 105 Å². The monoisotopic (exact) mass is 439 g/mol. The summed E-state index contributed by atoms with van der Waals surface area (Å²) in [4.78, 5) is 0. The van der Waals surface area contributed by atoms with Crippen LogP contribution in [0.4, 0.5) is 0 Å². The third kappa shape index (κ3) is 4.12. The summed E-state index contributed by atoms with van der Waals surface area (Å²) in [6.07, 6.45) is 14.6. The number of rotatable bonds is 5. The molecule has 0 spiro atoms. The zero-order chi connectivity index (χ0) is 21.0. The topological polar surface area (TPSA) is 46.2 Å². The Bertz CT molecular complexity index is 581. The summed E-state index contributed by atoms with van der Waals surface area (Å²) >= 11 is 0. The van der Waals surface area contributed by atoms with Crippen LogP contribution in [-0.2, 0) is 0 Å². The fourth-order valence-corrected chi connectivity index (χ4v) is 9.37. The summed E-state index contributed by atoms with van der Waals surface area (Å²) in [6.45, 7) is 12.6. The van der Waals surface area contributed by atoms with Crippen molar-refractivity contribution < 1.29 is 5.11 Å². The number of nitrogens with two attached hydrogens (primary N) is 1. The van der Waals surface area contributed by atoms with Crippen LogP contribution in [0, 0.1) is 52.3 Å². The number of halogens is 1. The lowest BCUT2D eigenvalue weighted by atomic mass is 9.44. The Kier molecular flexibility index (Phi) is 7.64.